The van der Waals surface area contributed by atoms with Crippen molar-refractivity contribution in [2.24, 2.45) is 0 Å². The smallest absolute Gasteiger partial charge is 0.306 e. The van der Waals surface area contributed by atoms with Crippen molar-refractivity contribution in [2.75, 3.05) is 13.2 Å². The lowest BCUT2D eigenvalue weighted by atomic mass is 10.1. The quantitative estimate of drug-likeness (QED) is 0.0261. The molecule has 1 atom stereocenters. The molecular weight excluding hydrogens is 925 g/mol. The molecule has 0 amide bonds. The van der Waals surface area contributed by atoms with Gasteiger partial charge in [-0.2, -0.15) is 0 Å². The lowest BCUT2D eigenvalue weighted by Gasteiger charge is -2.18. The van der Waals surface area contributed by atoms with E-state index in [4.69, 9.17) is 14.2 Å². The summed E-state index contributed by atoms with van der Waals surface area (Å²) in [5.74, 6) is -1.03. The fourth-order valence-corrected chi connectivity index (χ4v) is 7.84. The van der Waals surface area contributed by atoms with Crippen LogP contribution in [0.2, 0.25) is 0 Å². The Bertz CT molecular complexity index is 1660. The van der Waals surface area contributed by atoms with Gasteiger partial charge in [0.25, 0.3) is 0 Å². The largest absolute Gasteiger partial charge is 0.462 e. The van der Waals surface area contributed by atoms with Crippen LogP contribution in [-0.4, -0.2) is 37.2 Å². The molecule has 0 N–H and O–H groups in total. The Morgan fingerprint density at radius 1 is 0.280 bits per heavy atom. The van der Waals surface area contributed by atoms with Gasteiger partial charge < -0.3 is 14.2 Å². The fraction of sp³-hybridized carbons (Fsp3) is 0.609. The van der Waals surface area contributed by atoms with E-state index in [2.05, 4.69) is 154 Å². The Hall–Kier alpha value is -4.71. The van der Waals surface area contributed by atoms with E-state index in [9.17, 15) is 14.4 Å². The van der Waals surface area contributed by atoms with Gasteiger partial charge in [-0.05, 0) is 128 Å². The van der Waals surface area contributed by atoms with Gasteiger partial charge in [-0.25, -0.2) is 0 Å². The van der Waals surface area contributed by atoms with Crippen LogP contribution in [0, 0.1) is 0 Å². The molecule has 75 heavy (non-hydrogen) atoms. The first-order valence-corrected chi connectivity index (χ1v) is 30.3. The van der Waals surface area contributed by atoms with Crippen molar-refractivity contribution in [1.29, 1.82) is 0 Å². The summed E-state index contributed by atoms with van der Waals surface area (Å²) in [6.07, 6.45) is 88.6. The molecule has 0 aliphatic rings. The van der Waals surface area contributed by atoms with Crippen molar-refractivity contribution < 1.29 is 28.6 Å². The van der Waals surface area contributed by atoms with Crippen molar-refractivity contribution in [3.8, 4) is 0 Å². The van der Waals surface area contributed by atoms with E-state index >= 15 is 0 Å². The first-order valence-electron chi connectivity index (χ1n) is 30.3. The summed E-state index contributed by atoms with van der Waals surface area (Å²) in [4.78, 5) is 38.2. The third-order valence-electron chi connectivity index (χ3n) is 12.3. The molecule has 0 rings (SSSR count). The molecule has 0 aliphatic carbocycles. The monoisotopic (exact) mass is 1030 g/mol. The first-order chi connectivity index (χ1) is 37.0. The molecular formula is C69H110O6. The number of ether oxygens (including phenoxy) is 3. The summed E-state index contributed by atoms with van der Waals surface area (Å²) >= 11 is 0. The summed E-state index contributed by atoms with van der Waals surface area (Å²) in [6, 6.07) is 0. The molecule has 0 heterocycles. The maximum atomic E-state index is 12.9. The third-order valence-corrected chi connectivity index (χ3v) is 12.3. The summed E-state index contributed by atoms with van der Waals surface area (Å²) < 4.78 is 16.8. The van der Waals surface area contributed by atoms with E-state index in [0.29, 0.717) is 19.3 Å². The average molecular weight is 1040 g/mol. The maximum absolute atomic E-state index is 12.9. The molecule has 0 aromatic carbocycles. The highest BCUT2D eigenvalue weighted by Gasteiger charge is 2.19. The van der Waals surface area contributed by atoms with Crippen molar-refractivity contribution in [2.45, 2.75) is 258 Å². The Balaban J connectivity index is 4.48. The molecule has 0 fully saturated rings. The number of unbranched alkanes of at least 4 members (excludes halogenated alkanes) is 18. The standard InChI is InChI=1S/C69H110O6/c1-4-7-10-13-16-19-22-25-27-29-31-33-34-36-37-39-41-44-47-50-53-56-59-62-68(71)74-65-66(64-73-67(70)61-58-55-52-49-46-43-24-21-18-15-12-9-6-3)75-69(72)63-60-57-54-51-48-45-42-40-38-35-32-30-28-26-23-20-17-14-11-8-5-2/h7,9-10,12,16,18-19,21,23,25-27,30-33,36-38,40,43,46,52,55,66H,4-6,8,11,13-15,17,20,22,24,28-29,34-35,39,41-42,44-45,47-51,53-54,56-65H2,1-3H3/b10-7-,12-9-,19-16-,21-18-,26-23-,27-25-,32-30-,33-31-,37-36-,40-38-,46-43-,55-52-. The number of esters is 3. The summed E-state index contributed by atoms with van der Waals surface area (Å²) in [7, 11) is 0. The third kappa shape index (κ3) is 60.0. The minimum Gasteiger partial charge on any atom is -0.462 e. The molecule has 6 nitrogen and oxygen atoms in total. The lowest BCUT2D eigenvalue weighted by molar-refractivity contribution is -0.166. The zero-order valence-electron chi connectivity index (χ0n) is 48.3. The van der Waals surface area contributed by atoms with Gasteiger partial charge in [0.2, 0.25) is 0 Å². The van der Waals surface area contributed by atoms with Crippen LogP contribution in [0.25, 0.3) is 0 Å². The zero-order chi connectivity index (χ0) is 54.3. The molecule has 0 spiro atoms. The topological polar surface area (TPSA) is 78.9 Å². The van der Waals surface area contributed by atoms with Crippen LogP contribution in [0.3, 0.4) is 0 Å². The molecule has 0 aromatic heterocycles. The van der Waals surface area contributed by atoms with Crippen LogP contribution < -0.4 is 0 Å². The second-order valence-corrected chi connectivity index (χ2v) is 19.5. The highest BCUT2D eigenvalue weighted by Crippen LogP contribution is 2.14. The maximum Gasteiger partial charge on any atom is 0.306 e. The van der Waals surface area contributed by atoms with Crippen LogP contribution in [0.4, 0.5) is 0 Å². The van der Waals surface area contributed by atoms with Crippen molar-refractivity contribution in [3.05, 3.63) is 146 Å². The van der Waals surface area contributed by atoms with Crippen molar-refractivity contribution >= 4 is 17.9 Å². The number of carbonyl (C=O) groups excluding carboxylic acids is 3. The van der Waals surface area contributed by atoms with Crippen LogP contribution in [0.1, 0.15) is 252 Å². The molecule has 0 saturated heterocycles. The van der Waals surface area contributed by atoms with Crippen molar-refractivity contribution in [3.63, 3.8) is 0 Å². The predicted octanol–water partition coefficient (Wildman–Crippen LogP) is 20.8. The van der Waals surface area contributed by atoms with E-state index in [0.717, 1.165) is 128 Å². The molecule has 0 aliphatic heterocycles. The van der Waals surface area contributed by atoms with Gasteiger partial charge in [0.15, 0.2) is 6.10 Å². The van der Waals surface area contributed by atoms with Gasteiger partial charge >= 0.3 is 17.9 Å². The molecule has 0 bridgehead atoms. The van der Waals surface area contributed by atoms with Gasteiger partial charge in [0.1, 0.15) is 13.2 Å². The first kappa shape index (κ1) is 70.3. The predicted molar refractivity (Wildman–Crippen MR) is 325 cm³/mol. The number of carbonyl (C=O) groups is 3. The average Bonchev–Trinajstić information content (AvgIpc) is 3.41. The van der Waals surface area contributed by atoms with Crippen molar-refractivity contribution in [1.82, 2.24) is 0 Å². The number of hydrogen-bond donors (Lipinski definition) is 0. The van der Waals surface area contributed by atoms with Gasteiger partial charge in [0, 0.05) is 19.3 Å². The number of hydrogen-bond acceptors (Lipinski definition) is 6. The van der Waals surface area contributed by atoms with E-state index in [1.54, 1.807) is 0 Å². The van der Waals surface area contributed by atoms with Gasteiger partial charge in [-0.3, -0.25) is 14.4 Å². The summed E-state index contributed by atoms with van der Waals surface area (Å²) in [5, 5.41) is 0. The van der Waals surface area contributed by atoms with E-state index < -0.39 is 6.10 Å². The second-order valence-electron chi connectivity index (χ2n) is 19.5. The summed E-state index contributed by atoms with van der Waals surface area (Å²) in [6.45, 7) is 6.31. The lowest BCUT2D eigenvalue weighted by Crippen LogP contribution is -2.30. The fourth-order valence-electron chi connectivity index (χ4n) is 7.84. The Kier molecular flexibility index (Phi) is 58.0. The molecule has 0 saturated carbocycles. The van der Waals surface area contributed by atoms with Gasteiger partial charge in [0.05, 0.1) is 0 Å². The number of rotatable bonds is 53. The van der Waals surface area contributed by atoms with Crippen LogP contribution in [-0.2, 0) is 28.6 Å². The normalized spacial score (nSPS) is 13.2. The Labute approximate surface area is 461 Å². The van der Waals surface area contributed by atoms with Crippen LogP contribution in [0.15, 0.2) is 146 Å². The zero-order valence-corrected chi connectivity index (χ0v) is 48.3. The Morgan fingerprint density at radius 3 is 0.893 bits per heavy atom. The minimum absolute atomic E-state index is 0.117. The van der Waals surface area contributed by atoms with E-state index in [1.807, 2.05) is 12.2 Å². The SMILES string of the molecule is CC/C=C\C/C=C\C/C=C\C/C=C\C/C=C\CCCCCCCCCC(=O)OCC(COC(=O)CC/C=C\C/C=C\C/C=C\C/C=C\CC)OC(=O)CCCCCCCC/C=C\C/C=C\C/C=C\CCCCCCC. The molecule has 422 valence electrons. The highest BCUT2D eigenvalue weighted by molar-refractivity contribution is 5.71. The molecule has 6 heteroatoms. The van der Waals surface area contributed by atoms with Crippen LogP contribution >= 0.6 is 0 Å². The van der Waals surface area contributed by atoms with Gasteiger partial charge in [-0.1, -0.05) is 250 Å². The van der Waals surface area contributed by atoms with Crippen LogP contribution in [0.5, 0.6) is 0 Å². The number of allylic oxidation sites excluding steroid dienone is 24. The van der Waals surface area contributed by atoms with E-state index in [1.165, 1.54) is 77.0 Å². The minimum atomic E-state index is -0.826. The molecule has 0 aromatic rings. The molecule has 1 unspecified atom stereocenters. The van der Waals surface area contributed by atoms with E-state index in [-0.39, 0.29) is 37.5 Å². The second kappa shape index (κ2) is 61.8. The molecule has 0 radical (unpaired) electrons. The summed E-state index contributed by atoms with van der Waals surface area (Å²) in [5.41, 5.74) is 0. The Morgan fingerprint density at radius 2 is 0.547 bits per heavy atom. The van der Waals surface area contributed by atoms with Gasteiger partial charge in [-0.15, -0.1) is 0 Å². The highest BCUT2D eigenvalue weighted by atomic mass is 16.6.